The number of hydrogen-bond acceptors (Lipinski definition) is 6. The van der Waals surface area contributed by atoms with Gasteiger partial charge in [-0.15, -0.1) is 11.3 Å². The standard InChI is InChI=1S/C34H36N2O4S/c1-5-34(3,4)22-15-16-25-28(19-22)41-32-29(25)31(37)35-30(36-32)21-14-17-26(27(18-21)39-6-2)40-33(38)24-13-9-11-20-10-7-8-12-23(20)24/h7-14,17-18,22,30,36H,5-6,15-16,19H2,1-4H3,(H,35,37)/t22-,30-/m1/s1. The molecule has 0 unspecified atom stereocenters. The van der Waals surface area contributed by atoms with Gasteiger partial charge in [0.15, 0.2) is 11.5 Å². The van der Waals surface area contributed by atoms with Gasteiger partial charge in [-0.1, -0.05) is 69.7 Å². The Bertz CT molecular complexity index is 1630. The third-order valence-corrected chi connectivity index (χ3v) is 10.1. The molecule has 6 rings (SSSR count). The van der Waals surface area contributed by atoms with E-state index in [1.54, 1.807) is 23.5 Å². The maximum atomic E-state index is 13.4. The van der Waals surface area contributed by atoms with E-state index in [1.165, 1.54) is 10.4 Å². The molecule has 0 fully saturated rings. The lowest BCUT2D eigenvalue weighted by molar-refractivity contribution is 0.0730. The van der Waals surface area contributed by atoms with Crippen molar-refractivity contribution >= 4 is 39.0 Å². The van der Waals surface area contributed by atoms with E-state index in [9.17, 15) is 9.59 Å². The summed E-state index contributed by atoms with van der Waals surface area (Å²) in [7, 11) is 0. The number of fused-ring (bicyclic) bond motifs is 4. The SMILES string of the molecule is CCOc1cc([C@@H]2NC(=O)c3c(sc4c3CC[C@@H](C(C)(C)CC)C4)N2)ccc1OC(=O)c1cccc2ccccc12. The van der Waals surface area contributed by atoms with Gasteiger partial charge in [0.2, 0.25) is 0 Å². The number of ether oxygens (including phenoxy) is 2. The highest BCUT2D eigenvalue weighted by molar-refractivity contribution is 7.16. The van der Waals surface area contributed by atoms with E-state index >= 15 is 0 Å². The molecule has 2 N–H and O–H groups in total. The smallest absolute Gasteiger partial charge is 0.344 e. The van der Waals surface area contributed by atoms with Crippen LogP contribution in [0.4, 0.5) is 5.00 Å². The third-order valence-electron chi connectivity index (χ3n) is 8.87. The largest absolute Gasteiger partial charge is 0.490 e. The summed E-state index contributed by atoms with van der Waals surface area (Å²) in [4.78, 5) is 27.9. The molecule has 2 heterocycles. The summed E-state index contributed by atoms with van der Waals surface area (Å²) in [6.45, 7) is 9.27. The lowest BCUT2D eigenvalue weighted by atomic mass is 9.69. The summed E-state index contributed by atoms with van der Waals surface area (Å²) in [5, 5.41) is 9.46. The monoisotopic (exact) mass is 568 g/mol. The number of benzene rings is 3. The first-order chi connectivity index (χ1) is 19.8. The molecule has 3 aromatic carbocycles. The summed E-state index contributed by atoms with van der Waals surface area (Å²) < 4.78 is 11.7. The Labute approximate surface area is 245 Å². The van der Waals surface area contributed by atoms with E-state index in [2.05, 4.69) is 31.4 Å². The molecule has 7 heteroatoms. The highest BCUT2D eigenvalue weighted by Crippen LogP contribution is 2.47. The van der Waals surface area contributed by atoms with Gasteiger partial charge in [-0.25, -0.2) is 4.79 Å². The topological polar surface area (TPSA) is 76.7 Å². The number of esters is 1. The fourth-order valence-electron chi connectivity index (χ4n) is 6.04. The van der Waals surface area contributed by atoms with Crippen molar-refractivity contribution in [2.75, 3.05) is 11.9 Å². The highest BCUT2D eigenvalue weighted by atomic mass is 32.1. The number of anilines is 1. The predicted octanol–water partition coefficient (Wildman–Crippen LogP) is 7.91. The van der Waals surface area contributed by atoms with Gasteiger partial charge in [-0.2, -0.15) is 0 Å². The minimum Gasteiger partial charge on any atom is -0.490 e. The molecule has 1 aliphatic heterocycles. The molecule has 0 saturated heterocycles. The first-order valence-corrected chi connectivity index (χ1v) is 15.3. The first-order valence-electron chi connectivity index (χ1n) is 14.5. The molecule has 0 bridgehead atoms. The zero-order valence-corrected chi connectivity index (χ0v) is 24.8. The van der Waals surface area contributed by atoms with Crippen LogP contribution in [0.1, 0.15) is 83.4 Å². The molecule has 212 valence electrons. The Balaban J connectivity index is 1.25. The van der Waals surface area contributed by atoms with Gasteiger partial charge >= 0.3 is 5.97 Å². The molecule has 0 radical (unpaired) electrons. The van der Waals surface area contributed by atoms with Crippen molar-refractivity contribution in [3.05, 3.63) is 87.8 Å². The average Bonchev–Trinajstić information content (AvgIpc) is 3.36. The lowest BCUT2D eigenvalue weighted by Gasteiger charge is -2.36. The molecule has 1 aliphatic carbocycles. The van der Waals surface area contributed by atoms with E-state index in [4.69, 9.17) is 9.47 Å². The van der Waals surface area contributed by atoms with Crippen LogP contribution in [0.2, 0.25) is 0 Å². The van der Waals surface area contributed by atoms with Crippen LogP contribution in [0, 0.1) is 11.3 Å². The van der Waals surface area contributed by atoms with Crippen LogP contribution in [0.3, 0.4) is 0 Å². The second kappa shape index (κ2) is 10.9. The molecule has 4 aromatic rings. The minimum atomic E-state index is -0.446. The zero-order chi connectivity index (χ0) is 28.7. The van der Waals surface area contributed by atoms with Gasteiger partial charge in [0.1, 0.15) is 11.2 Å². The van der Waals surface area contributed by atoms with Crippen LogP contribution in [-0.2, 0) is 12.8 Å². The Morgan fingerprint density at radius 1 is 1.02 bits per heavy atom. The number of nitrogens with one attached hydrogen (secondary N) is 2. The van der Waals surface area contributed by atoms with Gasteiger partial charge in [0.25, 0.3) is 5.91 Å². The fraction of sp³-hybridized carbons (Fsp3) is 0.353. The molecule has 2 aliphatic rings. The van der Waals surface area contributed by atoms with Gasteiger partial charge < -0.3 is 20.1 Å². The molecule has 2 atom stereocenters. The van der Waals surface area contributed by atoms with E-state index in [0.717, 1.165) is 52.6 Å². The average molecular weight is 569 g/mol. The van der Waals surface area contributed by atoms with Crippen LogP contribution in [0.15, 0.2) is 60.7 Å². The van der Waals surface area contributed by atoms with Crippen molar-refractivity contribution in [3.63, 3.8) is 0 Å². The summed E-state index contributed by atoms with van der Waals surface area (Å²) >= 11 is 1.72. The number of rotatable bonds is 7. The quantitative estimate of drug-likeness (QED) is 0.175. The molecule has 0 saturated carbocycles. The van der Waals surface area contributed by atoms with Crippen LogP contribution >= 0.6 is 11.3 Å². The van der Waals surface area contributed by atoms with Crippen molar-refractivity contribution in [1.82, 2.24) is 5.32 Å². The Hall–Kier alpha value is -3.84. The number of thiophene rings is 1. The van der Waals surface area contributed by atoms with Gasteiger partial charge in [-0.3, -0.25) is 4.79 Å². The second-order valence-corrected chi connectivity index (χ2v) is 12.7. The van der Waals surface area contributed by atoms with Crippen molar-refractivity contribution in [2.45, 2.75) is 59.5 Å². The van der Waals surface area contributed by atoms with Crippen molar-refractivity contribution in [1.29, 1.82) is 0 Å². The summed E-state index contributed by atoms with van der Waals surface area (Å²) in [5.41, 5.74) is 3.62. The van der Waals surface area contributed by atoms with Gasteiger partial charge in [0, 0.05) is 4.88 Å². The van der Waals surface area contributed by atoms with Crippen LogP contribution in [0.25, 0.3) is 10.8 Å². The second-order valence-electron chi connectivity index (χ2n) is 11.6. The predicted molar refractivity (Wildman–Crippen MR) is 164 cm³/mol. The third kappa shape index (κ3) is 5.08. The first kappa shape index (κ1) is 27.3. The van der Waals surface area contributed by atoms with Crippen LogP contribution in [-0.4, -0.2) is 18.5 Å². The number of carbonyl (C=O) groups is 2. The van der Waals surface area contributed by atoms with E-state index < -0.39 is 12.1 Å². The Morgan fingerprint density at radius 2 is 1.83 bits per heavy atom. The van der Waals surface area contributed by atoms with Crippen molar-refractivity contribution < 1.29 is 19.1 Å². The molecular formula is C34H36N2O4S. The van der Waals surface area contributed by atoms with Gasteiger partial charge in [-0.05, 0) is 77.6 Å². The molecule has 6 nitrogen and oxygen atoms in total. The van der Waals surface area contributed by atoms with Crippen LogP contribution < -0.4 is 20.1 Å². The van der Waals surface area contributed by atoms with Crippen molar-refractivity contribution in [2.24, 2.45) is 11.3 Å². The lowest BCUT2D eigenvalue weighted by Crippen LogP contribution is -2.38. The number of amides is 1. The zero-order valence-electron chi connectivity index (χ0n) is 24.0. The highest BCUT2D eigenvalue weighted by Gasteiger charge is 2.37. The summed E-state index contributed by atoms with van der Waals surface area (Å²) in [5.74, 6) is 0.928. The number of hydrogen-bond donors (Lipinski definition) is 2. The summed E-state index contributed by atoms with van der Waals surface area (Å²) in [6, 6.07) is 18.8. The van der Waals surface area contributed by atoms with Crippen LogP contribution in [0.5, 0.6) is 11.5 Å². The molecule has 41 heavy (non-hydrogen) atoms. The van der Waals surface area contributed by atoms with E-state index in [1.807, 2.05) is 55.5 Å². The molecule has 1 aromatic heterocycles. The maximum Gasteiger partial charge on any atom is 0.344 e. The van der Waals surface area contributed by atoms with E-state index in [-0.39, 0.29) is 11.3 Å². The van der Waals surface area contributed by atoms with E-state index in [0.29, 0.717) is 29.6 Å². The van der Waals surface area contributed by atoms with Crippen molar-refractivity contribution in [3.8, 4) is 11.5 Å². The van der Waals surface area contributed by atoms with Gasteiger partial charge in [0.05, 0.1) is 17.7 Å². The molecule has 0 spiro atoms. The Kier molecular flexibility index (Phi) is 7.24. The summed E-state index contributed by atoms with van der Waals surface area (Å²) in [6.07, 6.45) is 3.82. The number of carbonyl (C=O) groups excluding carboxylic acids is 2. The minimum absolute atomic E-state index is 0.0427. The molecular weight excluding hydrogens is 532 g/mol. The maximum absolute atomic E-state index is 13.4. The Morgan fingerprint density at radius 3 is 2.63 bits per heavy atom. The normalized spacial score (nSPS) is 18.2. The fourth-order valence-corrected chi connectivity index (χ4v) is 7.39. The molecule has 1 amide bonds.